The zero-order valence-corrected chi connectivity index (χ0v) is 22.8. The van der Waals surface area contributed by atoms with E-state index in [9.17, 15) is 22.4 Å². The lowest BCUT2D eigenvalue weighted by atomic mass is 9.95. The van der Waals surface area contributed by atoms with Gasteiger partial charge in [0.05, 0.1) is 11.9 Å². The first-order chi connectivity index (χ1) is 17.6. The number of rotatable bonds is 11. The van der Waals surface area contributed by atoms with Crippen molar-refractivity contribution in [2.45, 2.75) is 77.4 Å². The Morgan fingerprint density at radius 1 is 1.05 bits per heavy atom. The van der Waals surface area contributed by atoms with Gasteiger partial charge in [-0.2, -0.15) is 0 Å². The Kier molecular flexibility index (Phi) is 10.1. The summed E-state index contributed by atoms with van der Waals surface area (Å²) in [6, 6.07) is 12.8. The number of anilines is 1. The molecule has 9 heteroatoms. The number of amides is 2. The van der Waals surface area contributed by atoms with Crippen molar-refractivity contribution in [3.8, 4) is 0 Å². The maximum atomic E-state index is 14.3. The minimum Gasteiger partial charge on any atom is -0.352 e. The number of nitrogens with zero attached hydrogens (tertiary/aromatic N) is 2. The van der Waals surface area contributed by atoms with Crippen LogP contribution in [0.3, 0.4) is 0 Å². The molecule has 2 amide bonds. The molecule has 0 aromatic heterocycles. The Bertz CT molecular complexity index is 1180. The molecule has 1 aliphatic carbocycles. The number of aryl methyl sites for hydroxylation is 1. The minimum absolute atomic E-state index is 0.0212. The summed E-state index contributed by atoms with van der Waals surface area (Å²) in [4.78, 5) is 28.1. The smallest absolute Gasteiger partial charge is 0.242 e. The minimum atomic E-state index is -3.75. The molecule has 0 unspecified atom stereocenters. The Labute approximate surface area is 220 Å². The predicted octanol–water partition coefficient (Wildman–Crippen LogP) is 4.55. The maximum Gasteiger partial charge on any atom is 0.242 e. The molecule has 0 radical (unpaired) electrons. The van der Waals surface area contributed by atoms with Crippen LogP contribution in [0.1, 0.15) is 63.0 Å². The zero-order chi connectivity index (χ0) is 27.0. The van der Waals surface area contributed by atoms with Crippen molar-refractivity contribution in [3.63, 3.8) is 0 Å². The Hall–Kier alpha value is -2.94. The lowest BCUT2D eigenvalue weighted by Gasteiger charge is -2.32. The lowest BCUT2D eigenvalue weighted by Crippen LogP contribution is -2.50. The van der Waals surface area contributed by atoms with Crippen molar-refractivity contribution in [2.24, 2.45) is 0 Å². The molecular formula is C28H38FN3O4S. The van der Waals surface area contributed by atoms with E-state index in [1.165, 1.54) is 24.6 Å². The van der Waals surface area contributed by atoms with Gasteiger partial charge < -0.3 is 10.2 Å². The number of carbonyl (C=O) groups excluding carboxylic acids is 2. The summed E-state index contributed by atoms with van der Waals surface area (Å²) in [5.74, 6) is -1.08. The molecule has 0 heterocycles. The molecule has 2 aromatic carbocycles. The number of benzene rings is 2. The number of nitrogens with one attached hydrogen (secondary N) is 1. The average Bonchev–Trinajstić information content (AvgIpc) is 2.86. The van der Waals surface area contributed by atoms with Gasteiger partial charge in [0.2, 0.25) is 21.8 Å². The van der Waals surface area contributed by atoms with E-state index in [0.717, 1.165) is 47.4 Å². The molecular weight excluding hydrogens is 493 g/mol. The molecule has 3 rings (SSSR count). The quantitative estimate of drug-likeness (QED) is 0.461. The highest BCUT2D eigenvalue weighted by molar-refractivity contribution is 7.92. The maximum absolute atomic E-state index is 14.3. The Balaban J connectivity index is 1.73. The van der Waals surface area contributed by atoms with Gasteiger partial charge in [0.25, 0.3) is 0 Å². The van der Waals surface area contributed by atoms with Gasteiger partial charge in [-0.25, -0.2) is 12.8 Å². The van der Waals surface area contributed by atoms with Crippen LogP contribution in [-0.4, -0.2) is 50.0 Å². The average molecular weight is 532 g/mol. The molecule has 0 saturated heterocycles. The van der Waals surface area contributed by atoms with Crippen molar-refractivity contribution in [1.29, 1.82) is 0 Å². The van der Waals surface area contributed by atoms with Gasteiger partial charge in [-0.05, 0) is 56.4 Å². The second-order valence-corrected chi connectivity index (χ2v) is 11.8. The van der Waals surface area contributed by atoms with Crippen LogP contribution in [0, 0.1) is 12.7 Å². The fourth-order valence-corrected chi connectivity index (χ4v) is 5.72. The van der Waals surface area contributed by atoms with E-state index in [0.29, 0.717) is 0 Å². The summed E-state index contributed by atoms with van der Waals surface area (Å²) < 4.78 is 40.1. The van der Waals surface area contributed by atoms with E-state index in [-0.39, 0.29) is 49.5 Å². The largest absolute Gasteiger partial charge is 0.352 e. The zero-order valence-electron chi connectivity index (χ0n) is 22.0. The van der Waals surface area contributed by atoms with E-state index in [1.807, 2.05) is 31.2 Å². The normalized spacial score (nSPS) is 15.1. The third-order valence-corrected chi connectivity index (χ3v) is 8.17. The number of sulfonamides is 1. The van der Waals surface area contributed by atoms with Crippen molar-refractivity contribution in [1.82, 2.24) is 10.2 Å². The first-order valence-corrected chi connectivity index (χ1v) is 14.8. The molecule has 1 aliphatic rings. The molecule has 7 nitrogen and oxygen atoms in total. The van der Waals surface area contributed by atoms with Crippen LogP contribution in [-0.2, 0) is 26.2 Å². The van der Waals surface area contributed by atoms with Crippen LogP contribution in [0.25, 0.3) is 0 Å². The van der Waals surface area contributed by atoms with Gasteiger partial charge in [0.1, 0.15) is 11.9 Å². The summed E-state index contributed by atoms with van der Waals surface area (Å²) in [5.41, 5.74) is 1.91. The van der Waals surface area contributed by atoms with Crippen LogP contribution in [0.5, 0.6) is 0 Å². The molecule has 37 heavy (non-hydrogen) atoms. The van der Waals surface area contributed by atoms with E-state index < -0.39 is 21.9 Å². The second kappa shape index (κ2) is 13.0. The summed E-state index contributed by atoms with van der Waals surface area (Å²) >= 11 is 0. The fourth-order valence-electron chi connectivity index (χ4n) is 4.76. The first-order valence-electron chi connectivity index (χ1n) is 12.9. The molecule has 0 spiro atoms. The van der Waals surface area contributed by atoms with Crippen molar-refractivity contribution < 1.29 is 22.4 Å². The van der Waals surface area contributed by atoms with Gasteiger partial charge in [0.15, 0.2) is 0 Å². The highest BCUT2D eigenvalue weighted by atomic mass is 32.2. The van der Waals surface area contributed by atoms with Crippen molar-refractivity contribution in [2.75, 3.05) is 17.1 Å². The van der Waals surface area contributed by atoms with Crippen LogP contribution < -0.4 is 9.62 Å². The van der Waals surface area contributed by atoms with E-state index in [1.54, 1.807) is 17.9 Å². The van der Waals surface area contributed by atoms with Gasteiger partial charge in [-0.1, -0.05) is 55.7 Å². The second-order valence-electron chi connectivity index (χ2n) is 9.86. The molecule has 1 saturated carbocycles. The fraction of sp³-hybridized carbons (Fsp3) is 0.500. The van der Waals surface area contributed by atoms with Crippen LogP contribution in [0.15, 0.2) is 48.5 Å². The van der Waals surface area contributed by atoms with Gasteiger partial charge >= 0.3 is 0 Å². The van der Waals surface area contributed by atoms with Crippen LogP contribution >= 0.6 is 0 Å². The molecule has 1 fully saturated rings. The first kappa shape index (κ1) is 28.6. The summed E-state index contributed by atoms with van der Waals surface area (Å²) in [7, 11) is -3.75. The Morgan fingerprint density at radius 2 is 1.70 bits per heavy atom. The summed E-state index contributed by atoms with van der Waals surface area (Å²) in [5, 5.41) is 3.11. The third kappa shape index (κ3) is 8.02. The molecule has 1 atom stereocenters. The number of para-hydroxylation sites is 1. The topological polar surface area (TPSA) is 86.8 Å². The van der Waals surface area contributed by atoms with E-state index in [2.05, 4.69) is 5.32 Å². The Morgan fingerprint density at radius 3 is 2.35 bits per heavy atom. The van der Waals surface area contributed by atoms with Gasteiger partial charge in [-0.15, -0.1) is 0 Å². The number of halogens is 1. The SMILES string of the molecule is Cc1ccccc1CN(C(=O)CCCN(c1ccccc1F)S(C)(=O)=O)[C@H](C)C(=O)NC1CCCCC1. The standard InChI is InChI=1S/C28H38FN3O4S/c1-21-12-7-8-13-23(21)20-31(22(2)28(34)30-24-14-5-4-6-15-24)27(33)18-11-19-32(37(3,35)36)26-17-10-9-16-25(26)29/h7-10,12-13,16-17,22,24H,4-6,11,14-15,18-20H2,1-3H3,(H,30,34)/t22-/m1/s1. The lowest BCUT2D eigenvalue weighted by molar-refractivity contribution is -0.141. The predicted molar refractivity (Wildman–Crippen MR) is 144 cm³/mol. The van der Waals surface area contributed by atoms with Crippen LogP contribution in [0.4, 0.5) is 10.1 Å². The molecule has 0 aliphatic heterocycles. The monoisotopic (exact) mass is 531 g/mol. The number of carbonyl (C=O) groups is 2. The van der Waals surface area contributed by atoms with Gasteiger partial charge in [-0.3, -0.25) is 13.9 Å². The van der Waals surface area contributed by atoms with E-state index >= 15 is 0 Å². The van der Waals surface area contributed by atoms with E-state index in [4.69, 9.17) is 0 Å². The molecule has 2 aromatic rings. The molecule has 0 bridgehead atoms. The number of hydrogen-bond donors (Lipinski definition) is 1. The van der Waals surface area contributed by atoms with Gasteiger partial charge in [0, 0.05) is 25.6 Å². The third-order valence-electron chi connectivity index (χ3n) is 6.99. The van der Waals surface area contributed by atoms with Crippen molar-refractivity contribution in [3.05, 3.63) is 65.5 Å². The summed E-state index contributed by atoms with van der Waals surface area (Å²) in [6.45, 7) is 3.92. The number of hydrogen-bond acceptors (Lipinski definition) is 4. The molecule has 1 N–H and O–H groups in total. The molecule has 202 valence electrons. The highest BCUT2D eigenvalue weighted by Gasteiger charge is 2.29. The highest BCUT2D eigenvalue weighted by Crippen LogP contribution is 2.23. The summed E-state index contributed by atoms with van der Waals surface area (Å²) in [6.07, 6.45) is 6.46. The van der Waals surface area contributed by atoms with Crippen molar-refractivity contribution >= 4 is 27.5 Å². The van der Waals surface area contributed by atoms with Crippen LogP contribution in [0.2, 0.25) is 0 Å².